The van der Waals surface area contributed by atoms with Crippen molar-refractivity contribution >= 4 is 15.9 Å². The van der Waals surface area contributed by atoms with E-state index in [1.54, 1.807) is 12.1 Å². The van der Waals surface area contributed by atoms with Crippen molar-refractivity contribution in [1.29, 1.82) is 0 Å². The van der Waals surface area contributed by atoms with Crippen molar-refractivity contribution in [2.75, 3.05) is 19.6 Å². The number of halogens is 2. The third-order valence-electron chi connectivity index (χ3n) is 3.01. The monoisotopic (exact) mass is 286 g/mol. The van der Waals surface area contributed by atoms with E-state index in [-0.39, 0.29) is 5.82 Å². The Morgan fingerprint density at radius 3 is 3.06 bits per heavy atom. The first kappa shape index (κ1) is 12.0. The lowest BCUT2D eigenvalue weighted by molar-refractivity contribution is 0.165. The molecule has 88 valence electrons. The highest BCUT2D eigenvalue weighted by atomic mass is 79.9. The first-order chi connectivity index (χ1) is 7.66. The van der Waals surface area contributed by atoms with Crippen LogP contribution in [0.4, 0.5) is 4.39 Å². The fourth-order valence-corrected chi connectivity index (χ4v) is 2.24. The summed E-state index contributed by atoms with van der Waals surface area (Å²) >= 11 is 3.17. The van der Waals surface area contributed by atoms with Crippen LogP contribution in [0.5, 0.6) is 0 Å². The highest BCUT2D eigenvalue weighted by Gasteiger charge is 2.17. The topological polar surface area (TPSA) is 15.3 Å². The average molecular weight is 287 g/mol. The van der Waals surface area contributed by atoms with E-state index in [0.29, 0.717) is 10.5 Å². The van der Waals surface area contributed by atoms with E-state index in [2.05, 4.69) is 33.1 Å². The predicted molar refractivity (Wildman–Crippen MR) is 66.8 cm³/mol. The van der Waals surface area contributed by atoms with Crippen molar-refractivity contribution in [3.05, 3.63) is 34.1 Å². The Bertz CT molecular complexity index is 370. The fourth-order valence-electron chi connectivity index (χ4n) is 1.99. The Labute approximate surface area is 104 Å². The number of rotatable bonds is 2. The van der Waals surface area contributed by atoms with Gasteiger partial charge in [0, 0.05) is 32.2 Å². The maximum Gasteiger partial charge on any atom is 0.137 e. The molecule has 1 fully saturated rings. The minimum atomic E-state index is -0.180. The van der Waals surface area contributed by atoms with Gasteiger partial charge in [0.1, 0.15) is 5.82 Å². The zero-order valence-corrected chi connectivity index (χ0v) is 10.9. The van der Waals surface area contributed by atoms with Gasteiger partial charge in [-0.1, -0.05) is 6.07 Å². The summed E-state index contributed by atoms with van der Waals surface area (Å²) in [6.45, 7) is 6.08. The van der Waals surface area contributed by atoms with E-state index in [1.807, 2.05) is 6.07 Å². The average Bonchev–Trinajstić information content (AvgIpc) is 2.27. The smallest absolute Gasteiger partial charge is 0.137 e. The van der Waals surface area contributed by atoms with Crippen LogP contribution in [0.1, 0.15) is 12.5 Å². The lowest BCUT2D eigenvalue weighted by atomic mass is 10.1. The van der Waals surface area contributed by atoms with Gasteiger partial charge < -0.3 is 5.32 Å². The summed E-state index contributed by atoms with van der Waals surface area (Å²) in [5, 5.41) is 3.35. The molecule has 16 heavy (non-hydrogen) atoms. The molecule has 2 rings (SSSR count). The third-order valence-corrected chi connectivity index (χ3v) is 3.65. The SMILES string of the molecule is CC1CNCCN1Cc1ccc(Br)c(F)c1. The molecular weight excluding hydrogens is 271 g/mol. The van der Waals surface area contributed by atoms with Crippen molar-refractivity contribution in [1.82, 2.24) is 10.2 Å². The zero-order chi connectivity index (χ0) is 11.5. The number of piperazine rings is 1. The lowest BCUT2D eigenvalue weighted by Crippen LogP contribution is -2.49. The van der Waals surface area contributed by atoms with Crippen molar-refractivity contribution in [3.8, 4) is 0 Å². The van der Waals surface area contributed by atoms with Gasteiger partial charge in [0.25, 0.3) is 0 Å². The normalized spacial score (nSPS) is 22.3. The molecule has 0 spiro atoms. The Morgan fingerprint density at radius 1 is 1.56 bits per heavy atom. The van der Waals surface area contributed by atoms with Gasteiger partial charge in [-0.2, -0.15) is 0 Å². The number of hydrogen-bond donors (Lipinski definition) is 1. The van der Waals surface area contributed by atoms with Gasteiger partial charge in [-0.25, -0.2) is 4.39 Å². The molecule has 0 radical (unpaired) electrons. The molecule has 1 aromatic carbocycles. The van der Waals surface area contributed by atoms with Crippen LogP contribution >= 0.6 is 15.9 Å². The summed E-state index contributed by atoms with van der Waals surface area (Å²) in [5.74, 6) is -0.180. The molecule has 0 amide bonds. The van der Waals surface area contributed by atoms with E-state index < -0.39 is 0 Å². The Morgan fingerprint density at radius 2 is 2.38 bits per heavy atom. The van der Waals surface area contributed by atoms with E-state index in [1.165, 1.54) is 0 Å². The second-order valence-corrected chi connectivity index (χ2v) is 5.13. The first-order valence-electron chi connectivity index (χ1n) is 5.55. The molecule has 1 N–H and O–H groups in total. The minimum Gasteiger partial charge on any atom is -0.314 e. The molecule has 1 aliphatic heterocycles. The van der Waals surface area contributed by atoms with Crippen LogP contribution in [0.2, 0.25) is 0 Å². The second-order valence-electron chi connectivity index (χ2n) is 4.27. The number of nitrogens with one attached hydrogen (secondary N) is 1. The first-order valence-corrected chi connectivity index (χ1v) is 6.35. The van der Waals surface area contributed by atoms with Crippen LogP contribution in [0.3, 0.4) is 0 Å². The Balaban J connectivity index is 2.05. The van der Waals surface area contributed by atoms with Crippen LogP contribution in [0, 0.1) is 5.82 Å². The summed E-state index contributed by atoms with van der Waals surface area (Å²) in [5.41, 5.74) is 1.04. The lowest BCUT2D eigenvalue weighted by Gasteiger charge is -2.33. The predicted octanol–water partition coefficient (Wildman–Crippen LogP) is 2.38. The second kappa shape index (κ2) is 5.25. The van der Waals surface area contributed by atoms with Crippen LogP contribution < -0.4 is 5.32 Å². The Kier molecular flexibility index (Phi) is 3.95. The summed E-state index contributed by atoms with van der Waals surface area (Å²) in [6.07, 6.45) is 0. The number of hydrogen-bond acceptors (Lipinski definition) is 2. The van der Waals surface area contributed by atoms with Crippen molar-refractivity contribution in [2.45, 2.75) is 19.5 Å². The molecule has 1 heterocycles. The molecule has 4 heteroatoms. The van der Waals surface area contributed by atoms with Gasteiger partial charge in [0.15, 0.2) is 0 Å². The summed E-state index contributed by atoms with van der Waals surface area (Å²) < 4.78 is 13.9. The van der Waals surface area contributed by atoms with E-state index in [0.717, 1.165) is 31.7 Å². The van der Waals surface area contributed by atoms with Crippen LogP contribution in [-0.2, 0) is 6.54 Å². The highest BCUT2D eigenvalue weighted by Crippen LogP contribution is 2.18. The summed E-state index contributed by atoms with van der Waals surface area (Å²) in [4.78, 5) is 2.37. The highest BCUT2D eigenvalue weighted by molar-refractivity contribution is 9.10. The standard InChI is InChI=1S/C12H16BrFN2/c1-9-7-15-4-5-16(9)8-10-2-3-11(13)12(14)6-10/h2-3,6,9,15H,4-5,7-8H2,1H3. The van der Waals surface area contributed by atoms with Gasteiger partial charge in [-0.15, -0.1) is 0 Å². The third kappa shape index (κ3) is 2.81. The van der Waals surface area contributed by atoms with E-state index >= 15 is 0 Å². The molecular formula is C12H16BrFN2. The van der Waals surface area contributed by atoms with Gasteiger partial charge >= 0.3 is 0 Å². The molecule has 0 aliphatic carbocycles. The number of benzene rings is 1. The van der Waals surface area contributed by atoms with Crippen LogP contribution in [0.15, 0.2) is 22.7 Å². The van der Waals surface area contributed by atoms with Gasteiger partial charge in [-0.3, -0.25) is 4.90 Å². The molecule has 1 unspecified atom stereocenters. The molecule has 1 aliphatic rings. The molecule has 1 saturated heterocycles. The number of nitrogens with zero attached hydrogens (tertiary/aromatic N) is 1. The quantitative estimate of drug-likeness (QED) is 0.898. The van der Waals surface area contributed by atoms with Crippen LogP contribution in [0.25, 0.3) is 0 Å². The largest absolute Gasteiger partial charge is 0.314 e. The van der Waals surface area contributed by atoms with Gasteiger partial charge in [0.2, 0.25) is 0 Å². The van der Waals surface area contributed by atoms with E-state index in [9.17, 15) is 4.39 Å². The molecule has 1 aromatic rings. The van der Waals surface area contributed by atoms with Crippen LogP contribution in [-0.4, -0.2) is 30.6 Å². The van der Waals surface area contributed by atoms with Gasteiger partial charge in [-0.05, 0) is 40.5 Å². The van der Waals surface area contributed by atoms with Crippen molar-refractivity contribution in [3.63, 3.8) is 0 Å². The summed E-state index contributed by atoms with van der Waals surface area (Å²) in [7, 11) is 0. The maximum absolute atomic E-state index is 13.4. The molecule has 0 saturated carbocycles. The Hall–Kier alpha value is -0.450. The summed E-state index contributed by atoms with van der Waals surface area (Å²) in [6, 6.07) is 5.87. The maximum atomic E-state index is 13.4. The van der Waals surface area contributed by atoms with Gasteiger partial charge in [0.05, 0.1) is 4.47 Å². The minimum absolute atomic E-state index is 0.180. The molecule has 2 nitrogen and oxygen atoms in total. The zero-order valence-electron chi connectivity index (χ0n) is 9.34. The molecule has 1 atom stereocenters. The van der Waals surface area contributed by atoms with Crippen molar-refractivity contribution < 1.29 is 4.39 Å². The van der Waals surface area contributed by atoms with E-state index in [4.69, 9.17) is 0 Å². The van der Waals surface area contributed by atoms with Crippen molar-refractivity contribution in [2.24, 2.45) is 0 Å². The fraction of sp³-hybridized carbons (Fsp3) is 0.500. The molecule has 0 aromatic heterocycles. The molecule has 0 bridgehead atoms.